The van der Waals surface area contributed by atoms with Crippen LogP contribution in [-0.4, -0.2) is 35.7 Å². The second-order valence-corrected chi connectivity index (χ2v) is 5.35. The molecule has 0 aliphatic carbocycles. The summed E-state index contributed by atoms with van der Waals surface area (Å²) in [4.78, 5) is 4.17. The van der Waals surface area contributed by atoms with Gasteiger partial charge in [0, 0.05) is 22.7 Å². The van der Waals surface area contributed by atoms with Gasteiger partial charge in [-0.25, -0.2) is 4.98 Å². The monoisotopic (exact) mass is 217 g/mol. The molecule has 72 valence electrons. The minimum atomic E-state index is -0.00363. The van der Waals surface area contributed by atoms with Gasteiger partial charge in [0.05, 0.1) is 19.8 Å². The van der Waals surface area contributed by atoms with Crippen molar-refractivity contribution in [1.29, 1.82) is 0 Å². The molecule has 0 saturated carbocycles. The molecule has 1 fully saturated rings. The molecule has 0 radical (unpaired) electrons. The Morgan fingerprint density at radius 2 is 2.54 bits per heavy atom. The number of thiazole rings is 1. The third kappa shape index (κ3) is 2.04. The van der Waals surface area contributed by atoms with Gasteiger partial charge in [0.2, 0.25) is 0 Å². The van der Waals surface area contributed by atoms with Crippen molar-refractivity contribution in [3.05, 3.63) is 11.6 Å². The van der Waals surface area contributed by atoms with Gasteiger partial charge in [-0.15, -0.1) is 11.3 Å². The van der Waals surface area contributed by atoms with Gasteiger partial charge in [0.25, 0.3) is 0 Å². The molecule has 3 nitrogen and oxygen atoms in total. The smallest absolute Gasteiger partial charge is 0.149 e. The molecule has 0 bridgehead atoms. The van der Waals surface area contributed by atoms with E-state index in [2.05, 4.69) is 4.98 Å². The van der Waals surface area contributed by atoms with Crippen LogP contribution in [0, 0.1) is 5.41 Å². The molecule has 13 heavy (non-hydrogen) atoms. The van der Waals surface area contributed by atoms with Crippen LogP contribution in [0.1, 0.15) is 0 Å². The first-order valence-electron chi connectivity index (χ1n) is 4.06. The maximum absolute atomic E-state index is 9.15. The topological polar surface area (TPSA) is 42.4 Å². The van der Waals surface area contributed by atoms with E-state index < -0.39 is 0 Å². The predicted octanol–water partition coefficient (Wildman–Crippen LogP) is 1.24. The van der Waals surface area contributed by atoms with E-state index in [1.54, 1.807) is 29.3 Å². The Morgan fingerprint density at radius 3 is 3.00 bits per heavy atom. The molecule has 5 heteroatoms. The molecule has 0 amide bonds. The second-order valence-electron chi connectivity index (χ2n) is 3.24. The first kappa shape index (κ1) is 9.45. The Kier molecular flexibility index (Phi) is 2.88. The fraction of sp³-hybridized carbons (Fsp3) is 0.625. The van der Waals surface area contributed by atoms with E-state index in [9.17, 15) is 0 Å². The van der Waals surface area contributed by atoms with E-state index in [4.69, 9.17) is 9.84 Å². The summed E-state index contributed by atoms with van der Waals surface area (Å²) in [5.41, 5.74) is -0.00363. The quantitative estimate of drug-likeness (QED) is 0.771. The van der Waals surface area contributed by atoms with Crippen molar-refractivity contribution in [2.24, 2.45) is 5.41 Å². The Hall–Kier alpha value is -0.100. The van der Waals surface area contributed by atoms with Crippen molar-refractivity contribution in [1.82, 2.24) is 4.98 Å². The maximum atomic E-state index is 9.15. The van der Waals surface area contributed by atoms with Gasteiger partial charge < -0.3 is 9.84 Å². The van der Waals surface area contributed by atoms with Gasteiger partial charge in [-0.1, -0.05) is 11.8 Å². The highest BCUT2D eigenvalue weighted by molar-refractivity contribution is 8.01. The van der Waals surface area contributed by atoms with Crippen molar-refractivity contribution in [2.45, 2.75) is 4.34 Å². The van der Waals surface area contributed by atoms with Crippen LogP contribution in [0.3, 0.4) is 0 Å². The Bertz CT molecular complexity index is 254. The van der Waals surface area contributed by atoms with E-state index in [0.29, 0.717) is 13.2 Å². The maximum Gasteiger partial charge on any atom is 0.149 e. The van der Waals surface area contributed by atoms with Gasteiger partial charge in [-0.2, -0.15) is 0 Å². The lowest BCUT2D eigenvalue weighted by Crippen LogP contribution is -2.47. The second kappa shape index (κ2) is 3.96. The third-order valence-corrected chi connectivity index (χ3v) is 4.38. The zero-order valence-corrected chi connectivity index (χ0v) is 8.74. The number of thioether (sulfide) groups is 1. The van der Waals surface area contributed by atoms with E-state index in [0.717, 1.165) is 10.1 Å². The molecule has 0 unspecified atom stereocenters. The SMILES string of the molecule is OCC1(CSc2nccs2)COC1. The molecule has 1 N–H and O–H groups in total. The Labute approximate surface area is 85.1 Å². The average Bonchev–Trinajstić information content (AvgIpc) is 2.56. The number of nitrogens with zero attached hydrogens (tertiary/aromatic N) is 1. The lowest BCUT2D eigenvalue weighted by molar-refractivity contribution is -0.121. The number of hydrogen-bond acceptors (Lipinski definition) is 5. The highest BCUT2D eigenvalue weighted by Crippen LogP contribution is 2.34. The predicted molar refractivity (Wildman–Crippen MR) is 53.2 cm³/mol. The Morgan fingerprint density at radius 1 is 1.69 bits per heavy atom. The van der Waals surface area contributed by atoms with Gasteiger partial charge in [0.15, 0.2) is 0 Å². The van der Waals surface area contributed by atoms with Crippen molar-refractivity contribution in [2.75, 3.05) is 25.6 Å². The summed E-state index contributed by atoms with van der Waals surface area (Å²) >= 11 is 3.34. The van der Waals surface area contributed by atoms with Crippen LogP contribution >= 0.6 is 23.1 Å². The van der Waals surface area contributed by atoms with Gasteiger partial charge in [0.1, 0.15) is 4.34 Å². The molecule has 1 aromatic heterocycles. The molecule has 0 spiro atoms. The zero-order chi connectivity index (χ0) is 9.15. The summed E-state index contributed by atoms with van der Waals surface area (Å²) in [6, 6.07) is 0. The van der Waals surface area contributed by atoms with Crippen LogP contribution in [0.15, 0.2) is 15.9 Å². The van der Waals surface area contributed by atoms with Gasteiger partial charge in [-0.3, -0.25) is 0 Å². The zero-order valence-electron chi connectivity index (χ0n) is 7.10. The summed E-state index contributed by atoms with van der Waals surface area (Å²) in [5.74, 6) is 0.900. The molecule has 1 aliphatic heterocycles. The molecular formula is C8H11NO2S2. The number of aliphatic hydroxyl groups is 1. The molecule has 0 aromatic carbocycles. The van der Waals surface area contributed by atoms with Crippen molar-refractivity contribution < 1.29 is 9.84 Å². The number of hydrogen-bond donors (Lipinski definition) is 1. The number of aromatic nitrogens is 1. The lowest BCUT2D eigenvalue weighted by atomic mass is 9.90. The highest BCUT2D eigenvalue weighted by Gasteiger charge is 2.38. The highest BCUT2D eigenvalue weighted by atomic mass is 32.2. The van der Waals surface area contributed by atoms with Crippen LogP contribution in [0.2, 0.25) is 0 Å². The van der Waals surface area contributed by atoms with Gasteiger partial charge in [-0.05, 0) is 0 Å². The largest absolute Gasteiger partial charge is 0.396 e. The van der Waals surface area contributed by atoms with Crippen LogP contribution in [0.5, 0.6) is 0 Å². The fourth-order valence-electron chi connectivity index (χ4n) is 1.11. The number of aliphatic hydroxyl groups excluding tert-OH is 1. The summed E-state index contributed by atoms with van der Waals surface area (Å²) in [5, 5.41) is 11.1. The minimum Gasteiger partial charge on any atom is -0.396 e. The van der Waals surface area contributed by atoms with E-state index in [-0.39, 0.29) is 12.0 Å². The Balaban J connectivity index is 1.84. The van der Waals surface area contributed by atoms with E-state index >= 15 is 0 Å². The lowest BCUT2D eigenvalue weighted by Gasteiger charge is -2.39. The van der Waals surface area contributed by atoms with Crippen LogP contribution in [0.25, 0.3) is 0 Å². The van der Waals surface area contributed by atoms with Crippen molar-refractivity contribution >= 4 is 23.1 Å². The third-order valence-electron chi connectivity index (χ3n) is 2.06. The first-order valence-corrected chi connectivity index (χ1v) is 5.92. The van der Waals surface area contributed by atoms with Crippen LogP contribution < -0.4 is 0 Å². The van der Waals surface area contributed by atoms with Crippen LogP contribution in [0.4, 0.5) is 0 Å². The molecule has 1 saturated heterocycles. The molecule has 0 atom stereocenters. The van der Waals surface area contributed by atoms with E-state index in [1.807, 2.05) is 5.38 Å². The summed E-state index contributed by atoms with van der Waals surface area (Å²) in [6.07, 6.45) is 1.80. The number of ether oxygens (including phenoxy) is 1. The summed E-state index contributed by atoms with van der Waals surface area (Å²) in [7, 11) is 0. The normalized spacial score (nSPS) is 19.8. The van der Waals surface area contributed by atoms with Crippen LogP contribution in [-0.2, 0) is 4.74 Å². The summed E-state index contributed by atoms with van der Waals surface area (Å²) < 4.78 is 6.18. The molecule has 2 rings (SSSR count). The standard InChI is InChI=1S/C8H11NO2S2/c10-3-8(4-11-5-8)6-13-7-9-1-2-12-7/h1-2,10H,3-6H2. The van der Waals surface area contributed by atoms with E-state index in [1.165, 1.54) is 0 Å². The molecule has 1 aromatic rings. The fourth-order valence-corrected chi connectivity index (χ4v) is 2.91. The average molecular weight is 217 g/mol. The van der Waals surface area contributed by atoms with Crippen molar-refractivity contribution in [3.8, 4) is 0 Å². The summed E-state index contributed by atoms with van der Waals surface area (Å²) in [6.45, 7) is 1.58. The minimum absolute atomic E-state index is 0.00363. The molecule has 2 heterocycles. The van der Waals surface area contributed by atoms with Gasteiger partial charge >= 0.3 is 0 Å². The molecule has 1 aliphatic rings. The first-order chi connectivity index (χ1) is 6.35. The number of rotatable bonds is 4. The molecular weight excluding hydrogens is 206 g/mol. The van der Waals surface area contributed by atoms with Crippen molar-refractivity contribution in [3.63, 3.8) is 0 Å².